The van der Waals surface area contributed by atoms with Crippen molar-refractivity contribution in [2.45, 2.75) is 12.5 Å². The highest BCUT2D eigenvalue weighted by Crippen LogP contribution is 2.23. The van der Waals surface area contributed by atoms with Crippen molar-refractivity contribution in [1.82, 2.24) is 0 Å². The zero-order chi connectivity index (χ0) is 13.0. The molecule has 0 heterocycles. The summed E-state index contributed by atoms with van der Waals surface area (Å²) in [4.78, 5) is 0. The van der Waals surface area contributed by atoms with Crippen molar-refractivity contribution in [1.29, 1.82) is 0 Å². The quantitative estimate of drug-likeness (QED) is 0.766. The van der Waals surface area contributed by atoms with Gasteiger partial charge in [-0.05, 0) is 23.2 Å². The maximum absolute atomic E-state index is 13.3. The Hall–Kier alpha value is -1.61. The SMILES string of the molecule is COc1cc([C@H](C)[Si]c2ccccc2)ccc1F. The van der Waals surface area contributed by atoms with Crippen LogP contribution in [-0.2, 0) is 0 Å². The Balaban J connectivity index is 2.16. The number of benzene rings is 2. The van der Waals surface area contributed by atoms with Gasteiger partial charge in [0, 0.05) is 0 Å². The molecule has 3 heteroatoms. The Bertz CT molecular complexity index is 513. The lowest BCUT2D eigenvalue weighted by Gasteiger charge is -2.12. The van der Waals surface area contributed by atoms with Crippen LogP contribution >= 0.6 is 0 Å². The van der Waals surface area contributed by atoms with E-state index in [0.717, 1.165) is 5.56 Å². The molecule has 2 aromatic carbocycles. The molecule has 0 N–H and O–H groups in total. The van der Waals surface area contributed by atoms with Gasteiger partial charge in [-0.1, -0.05) is 48.5 Å². The van der Waals surface area contributed by atoms with Crippen LogP contribution in [-0.4, -0.2) is 16.6 Å². The number of methoxy groups -OCH3 is 1. The van der Waals surface area contributed by atoms with Gasteiger partial charge in [0.25, 0.3) is 0 Å². The molecule has 0 aliphatic carbocycles. The lowest BCUT2D eigenvalue weighted by atomic mass is 10.1. The van der Waals surface area contributed by atoms with Gasteiger partial charge in [-0.2, -0.15) is 0 Å². The number of hydrogen-bond donors (Lipinski definition) is 0. The maximum atomic E-state index is 13.3. The molecule has 92 valence electrons. The lowest BCUT2D eigenvalue weighted by Crippen LogP contribution is -2.19. The molecule has 1 atom stereocenters. The Morgan fingerprint density at radius 3 is 2.50 bits per heavy atom. The number of ether oxygens (including phenoxy) is 1. The van der Waals surface area contributed by atoms with Gasteiger partial charge in [-0.3, -0.25) is 0 Å². The Morgan fingerprint density at radius 1 is 1.11 bits per heavy atom. The lowest BCUT2D eigenvalue weighted by molar-refractivity contribution is 0.386. The third-order valence-corrected chi connectivity index (χ3v) is 4.27. The molecule has 0 bridgehead atoms. The standard InChI is InChI=1S/C15H15FOSi/c1-11(18-13-6-4-3-5-7-13)12-8-9-14(16)15(10-12)17-2/h3-11H,1-2H3/t11-/m0/s1. The fraction of sp³-hybridized carbons (Fsp3) is 0.200. The highest BCUT2D eigenvalue weighted by Gasteiger charge is 2.11. The van der Waals surface area contributed by atoms with E-state index in [1.807, 2.05) is 24.3 Å². The molecule has 0 fully saturated rings. The van der Waals surface area contributed by atoms with E-state index in [4.69, 9.17) is 4.74 Å². The third-order valence-electron chi connectivity index (χ3n) is 2.83. The van der Waals surface area contributed by atoms with Crippen LogP contribution in [0.2, 0.25) is 0 Å². The Morgan fingerprint density at radius 2 is 1.83 bits per heavy atom. The van der Waals surface area contributed by atoms with Gasteiger partial charge in [-0.25, -0.2) is 4.39 Å². The first-order valence-corrected chi connectivity index (χ1v) is 6.93. The van der Waals surface area contributed by atoms with Gasteiger partial charge >= 0.3 is 0 Å². The summed E-state index contributed by atoms with van der Waals surface area (Å²) >= 11 is 0. The second-order valence-corrected chi connectivity index (χ2v) is 5.86. The number of hydrogen-bond acceptors (Lipinski definition) is 1. The molecule has 0 saturated heterocycles. The van der Waals surface area contributed by atoms with Gasteiger partial charge in [0.2, 0.25) is 0 Å². The van der Waals surface area contributed by atoms with E-state index in [1.165, 1.54) is 18.4 Å². The topological polar surface area (TPSA) is 9.23 Å². The normalized spacial score (nSPS) is 12.2. The monoisotopic (exact) mass is 258 g/mol. The fourth-order valence-corrected chi connectivity index (χ4v) is 3.04. The van der Waals surface area contributed by atoms with Crippen LogP contribution in [0.25, 0.3) is 0 Å². The minimum Gasteiger partial charge on any atom is -0.494 e. The van der Waals surface area contributed by atoms with Crippen molar-refractivity contribution in [3.63, 3.8) is 0 Å². The van der Waals surface area contributed by atoms with E-state index in [9.17, 15) is 4.39 Å². The van der Waals surface area contributed by atoms with E-state index in [1.54, 1.807) is 6.07 Å². The summed E-state index contributed by atoms with van der Waals surface area (Å²) < 4.78 is 18.4. The summed E-state index contributed by atoms with van der Waals surface area (Å²) in [5.74, 6) is 0.00806. The van der Waals surface area contributed by atoms with E-state index in [0.29, 0.717) is 20.8 Å². The van der Waals surface area contributed by atoms with Crippen molar-refractivity contribution >= 4 is 14.7 Å². The molecule has 2 rings (SSSR count). The van der Waals surface area contributed by atoms with Gasteiger partial charge in [0.15, 0.2) is 11.6 Å². The Labute approximate surface area is 109 Å². The maximum Gasteiger partial charge on any atom is 0.165 e. The zero-order valence-corrected chi connectivity index (χ0v) is 11.5. The van der Waals surface area contributed by atoms with Crippen molar-refractivity contribution < 1.29 is 9.13 Å². The highest BCUT2D eigenvalue weighted by molar-refractivity contribution is 6.54. The first kappa shape index (κ1) is 12.8. The van der Waals surface area contributed by atoms with Gasteiger partial charge < -0.3 is 4.74 Å². The summed E-state index contributed by atoms with van der Waals surface area (Å²) in [7, 11) is 2.16. The minimum atomic E-state index is -0.309. The van der Waals surface area contributed by atoms with Crippen molar-refractivity contribution in [2.24, 2.45) is 0 Å². The second-order valence-electron chi connectivity index (χ2n) is 4.13. The fourth-order valence-electron chi connectivity index (χ4n) is 1.81. The predicted octanol–water partition coefficient (Wildman–Crippen LogP) is 2.93. The summed E-state index contributed by atoms with van der Waals surface area (Å²) in [5.41, 5.74) is 1.47. The molecule has 0 unspecified atom stereocenters. The molecule has 0 spiro atoms. The predicted molar refractivity (Wildman–Crippen MR) is 73.2 cm³/mol. The zero-order valence-electron chi connectivity index (χ0n) is 10.5. The number of halogens is 1. The van der Waals surface area contributed by atoms with Crippen LogP contribution in [0.5, 0.6) is 5.75 Å². The second kappa shape index (κ2) is 5.82. The van der Waals surface area contributed by atoms with Gasteiger partial charge in [-0.15, -0.1) is 0 Å². The largest absolute Gasteiger partial charge is 0.494 e. The molecule has 0 aliphatic rings. The van der Waals surface area contributed by atoms with Crippen molar-refractivity contribution in [2.75, 3.05) is 7.11 Å². The smallest absolute Gasteiger partial charge is 0.165 e. The third kappa shape index (κ3) is 2.99. The van der Waals surface area contributed by atoms with Crippen LogP contribution in [0.15, 0.2) is 48.5 Å². The van der Waals surface area contributed by atoms with Crippen LogP contribution in [0.1, 0.15) is 18.0 Å². The molecule has 0 saturated carbocycles. The molecular weight excluding hydrogens is 243 g/mol. The molecule has 2 aromatic rings. The Kier molecular flexibility index (Phi) is 4.15. The van der Waals surface area contributed by atoms with Crippen LogP contribution in [0, 0.1) is 5.82 Å². The van der Waals surface area contributed by atoms with Crippen molar-refractivity contribution in [3.8, 4) is 5.75 Å². The van der Waals surface area contributed by atoms with Crippen LogP contribution in [0.4, 0.5) is 4.39 Å². The van der Waals surface area contributed by atoms with Crippen LogP contribution in [0.3, 0.4) is 0 Å². The first-order valence-electron chi connectivity index (χ1n) is 5.85. The number of rotatable bonds is 4. The molecule has 18 heavy (non-hydrogen) atoms. The first-order chi connectivity index (χ1) is 8.70. The van der Waals surface area contributed by atoms with E-state index in [-0.39, 0.29) is 5.82 Å². The molecular formula is C15H15FOSi. The molecule has 0 amide bonds. The summed E-state index contributed by atoms with van der Waals surface area (Å²) in [6, 6.07) is 15.4. The van der Waals surface area contributed by atoms with E-state index in [2.05, 4.69) is 19.1 Å². The molecule has 0 aliphatic heterocycles. The minimum absolute atomic E-state index is 0.309. The molecule has 0 aromatic heterocycles. The van der Waals surface area contributed by atoms with Crippen molar-refractivity contribution in [3.05, 3.63) is 59.9 Å². The molecule has 1 nitrogen and oxygen atoms in total. The average molecular weight is 258 g/mol. The van der Waals surface area contributed by atoms with Crippen LogP contribution < -0.4 is 9.92 Å². The van der Waals surface area contributed by atoms with E-state index < -0.39 is 0 Å². The molecule has 2 radical (unpaired) electrons. The van der Waals surface area contributed by atoms with E-state index >= 15 is 0 Å². The summed E-state index contributed by atoms with van der Waals surface area (Å²) in [6.07, 6.45) is 0. The van der Waals surface area contributed by atoms with Gasteiger partial charge in [0.05, 0.1) is 16.6 Å². The highest BCUT2D eigenvalue weighted by atomic mass is 28.2. The summed E-state index contributed by atoms with van der Waals surface area (Å²) in [5, 5.41) is 1.31. The summed E-state index contributed by atoms with van der Waals surface area (Å²) in [6.45, 7) is 2.15. The van der Waals surface area contributed by atoms with Gasteiger partial charge in [0.1, 0.15) is 0 Å². The average Bonchev–Trinajstić information content (AvgIpc) is 2.40.